The fraction of sp³-hybridized carbons (Fsp3) is 0.381. The summed E-state index contributed by atoms with van der Waals surface area (Å²) < 4.78 is 13.2. The standard InChI is InChI=1S/C21H25FN4O2/c22-18-6-1-7-19(12-18)25-21(28)24-14-17-5-3-11-26(15-17)20(27)9-8-16-4-2-10-23-13-16/h1-2,4,6-7,10,12-13,17H,3,5,8-9,11,14-15H2,(H2,24,25,28). The van der Waals surface area contributed by atoms with Crippen molar-refractivity contribution in [3.63, 3.8) is 0 Å². The number of halogens is 1. The molecule has 1 aliphatic heterocycles. The van der Waals surface area contributed by atoms with Crippen LogP contribution in [-0.2, 0) is 11.2 Å². The monoisotopic (exact) mass is 384 g/mol. The molecule has 0 radical (unpaired) electrons. The highest BCUT2D eigenvalue weighted by molar-refractivity contribution is 5.89. The summed E-state index contributed by atoms with van der Waals surface area (Å²) in [5.74, 6) is -0.0439. The lowest BCUT2D eigenvalue weighted by Gasteiger charge is -2.33. The average molecular weight is 384 g/mol. The van der Waals surface area contributed by atoms with Crippen molar-refractivity contribution in [3.05, 3.63) is 60.2 Å². The molecule has 2 heterocycles. The molecular weight excluding hydrogens is 359 g/mol. The third kappa shape index (κ3) is 6.04. The van der Waals surface area contributed by atoms with Gasteiger partial charge in [0.05, 0.1) is 0 Å². The lowest BCUT2D eigenvalue weighted by molar-refractivity contribution is -0.132. The number of urea groups is 1. The number of nitrogens with zero attached hydrogens (tertiary/aromatic N) is 2. The molecule has 0 bridgehead atoms. The summed E-state index contributed by atoms with van der Waals surface area (Å²) in [6.07, 6.45) is 6.54. The average Bonchev–Trinajstić information content (AvgIpc) is 2.71. The SMILES string of the molecule is O=C(NCC1CCCN(C(=O)CCc2cccnc2)C1)Nc1cccc(F)c1. The summed E-state index contributed by atoms with van der Waals surface area (Å²) >= 11 is 0. The fourth-order valence-corrected chi connectivity index (χ4v) is 3.39. The van der Waals surface area contributed by atoms with Crippen LogP contribution in [0.15, 0.2) is 48.8 Å². The maximum atomic E-state index is 13.2. The zero-order valence-electron chi connectivity index (χ0n) is 15.7. The quantitative estimate of drug-likeness (QED) is 0.803. The molecule has 0 aliphatic carbocycles. The van der Waals surface area contributed by atoms with Gasteiger partial charge in [-0.15, -0.1) is 0 Å². The normalized spacial score (nSPS) is 16.5. The number of carbonyl (C=O) groups is 2. The van der Waals surface area contributed by atoms with E-state index in [-0.39, 0.29) is 17.9 Å². The van der Waals surface area contributed by atoms with Gasteiger partial charge in [-0.25, -0.2) is 9.18 Å². The topological polar surface area (TPSA) is 74.3 Å². The van der Waals surface area contributed by atoms with E-state index < -0.39 is 5.82 Å². The Kier molecular flexibility index (Phi) is 6.94. The van der Waals surface area contributed by atoms with Crippen LogP contribution in [0.5, 0.6) is 0 Å². The number of carbonyl (C=O) groups excluding carboxylic acids is 2. The summed E-state index contributed by atoms with van der Waals surface area (Å²) in [5.41, 5.74) is 1.47. The Hall–Kier alpha value is -2.96. The first kappa shape index (κ1) is 19.8. The van der Waals surface area contributed by atoms with Crippen molar-refractivity contribution in [2.75, 3.05) is 25.0 Å². The molecule has 1 aromatic carbocycles. The zero-order chi connectivity index (χ0) is 19.8. The minimum Gasteiger partial charge on any atom is -0.342 e. The molecule has 1 atom stereocenters. The fourth-order valence-electron chi connectivity index (χ4n) is 3.39. The number of piperidine rings is 1. The Morgan fingerprint density at radius 3 is 2.93 bits per heavy atom. The molecule has 1 saturated heterocycles. The Morgan fingerprint density at radius 1 is 1.25 bits per heavy atom. The van der Waals surface area contributed by atoms with E-state index in [4.69, 9.17) is 0 Å². The van der Waals surface area contributed by atoms with E-state index in [0.29, 0.717) is 31.6 Å². The van der Waals surface area contributed by atoms with Gasteiger partial charge in [0.25, 0.3) is 0 Å². The van der Waals surface area contributed by atoms with Crippen LogP contribution in [0.1, 0.15) is 24.8 Å². The molecule has 2 aromatic rings. The number of likely N-dealkylation sites (tertiary alicyclic amines) is 1. The number of nitrogens with one attached hydrogen (secondary N) is 2. The van der Waals surface area contributed by atoms with Crippen LogP contribution < -0.4 is 10.6 Å². The summed E-state index contributed by atoms with van der Waals surface area (Å²) in [5, 5.41) is 5.44. The molecule has 3 amide bonds. The Morgan fingerprint density at radius 2 is 2.14 bits per heavy atom. The molecule has 0 spiro atoms. The van der Waals surface area contributed by atoms with Gasteiger partial charge in [0, 0.05) is 44.1 Å². The van der Waals surface area contributed by atoms with Crippen LogP contribution in [0.4, 0.5) is 14.9 Å². The Balaban J connectivity index is 1.41. The first-order chi connectivity index (χ1) is 13.6. The van der Waals surface area contributed by atoms with Crippen molar-refractivity contribution in [2.45, 2.75) is 25.7 Å². The number of aromatic nitrogens is 1. The zero-order valence-corrected chi connectivity index (χ0v) is 15.7. The van der Waals surface area contributed by atoms with Crippen LogP contribution in [0, 0.1) is 11.7 Å². The second-order valence-corrected chi connectivity index (χ2v) is 7.05. The number of benzene rings is 1. The van der Waals surface area contributed by atoms with E-state index >= 15 is 0 Å². The number of pyridine rings is 1. The van der Waals surface area contributed by atoms with Crippen molar-refractivity contribution in [2.24, 2.45) is 5.92 Å². The highest BCUT2D eigenvalue weighted by Crippen LogP contribution is 2.17. The second-order valence-electron chi connectivity index (χ2n) is 7.05. The van der Waals surface area contributed by atoms with Gasteiger partial charge in [-0.1, -0.05) is 12.1 Å². The van der Waals surface area contributed by atoms with Gasteiger partial charge in [-0.3, -0.25) is 9.78 Å². The van der Waals surface area contributed by atoms with Gasteiger partial charge in [0.2, 0.25) is 5.91 Å². The molecule has 1 unspecified atom stereocenters. The number of anilines is 1. The molecule has 28 heavy (non-hydrogen) atoms. The number of hydrogen-bond donors (Lipinski definition) is 2. The second kappa shape index (κ2) is 9.82. The van der Waals surface area contributed by atoms with Crippen LogP contribution in [-0.4, -0.2) is 41.5 Å². The highest BCUT2D eigenvalue weighted by Gasteiger charge is 2.23. The molecular formula is C21H25FN4O2. The number of amides is 3. The largest absolute Gasteiger partial charge is 0.342 e. The third-order valence-electron chi connectivity index (χ3n) is 4.86. The van der Waals surface area contributed by atoms with Gasteiger partial charge in [-0.05, 0) is 55.0 Å². The molecule has 2 N–H and O–H groups in total. The van der Waals surface area contributed by atoms with E-state index in [1.807, 2.05) is 17.0 Å². The van der Waals surface area contributed by atoms with Crippen LogP contribution >= 0.6 is 0 Å². The molecule has 7 heteroatoms. The van der Waals surface area contributed by atoms with Gasteiger partial charge in [0.1, 0.15) is 5.82 Å². The van der Waals surface area contributed by atoms with E-state index in [9.17, 15) is 14.0 Å². The Labute approximate surface area is 164 Å². The van der Waals surface area contributed by atoms with Crippen molar-refractivity contribution in [3.8, 4) is 0 Å². The van der Waals surface area contributed by atoms with Crippen molar-refractivity contribution < 1.29 is 14.0 Å². The van der Waals surface area contributed by atoms with E-state index in [2.05, 4.69) is 15.6 Å². The van der Waals surface area contributed by atoms with Crippen molar-refractivity contribution in [1.82, 2.24) is 15.2 Å². The van der Waals surface area contributed by atoms with Crippen LogP contribution in [0.2, 0.25) is 0 Å². The predicted molar refractivity (Wildman–Crippen MR) is 105 cm³/mol. The Bertz CT molecular complexity index is 800. The van der Waals surface area contributed by atoms with Gasteiger partial charge < -0.3 is 15.5 Å². The first-order valence-corrected chi connectivity index (χ1v) is 9.57. The number of hydrogen-bond acceptors (Lipinski definition) is 3. The van der Waals surface area contributed by atoms with Crippen molar-refractivity contribution >= 4 is 17.6 Å². The number of aryl methyl sites for hydroxylation is 1. The van der Waals surface area contributed by atoms with Gasteiger partial charge in [-0.2, -0.15) is 0 Å². The summed E-state index contributed by atoms with van der Waals surface area (Å²) in [6.45, 7) is 1.89. The minimum atomic E-state index is -0.398. The summed E-state index contributed by atoms with van der Waals surface area (Å²) in [4.78, 5) is 30.5. The summed E-state index contributed by atoms with van der Waals surface area (Å²) in [6, 6.07) is 9.24. The highest BCUT2D eigenvalue weighted by atomic mass is 19.1. The minimum absolute atomic E-state index is 0.137. The van der Waals surface area contributed by atoms with E-state index in [1.54, 1.807) is 24.5 Å². The third-order valence-corrected chi connectivity index (χ3v) is 4.86. The van der Waals surface area contributed by atoms with Gasteiger partial charge in [0.15, 0.2) is 0 Å². The maximum absolute atomic E-state index is 13.2. The smallest absolute Gasteiger partial charge is 0.319 e. The molecule has 0 saturated carbocycles. The van der Waals surface area contributed by atoms with E-state index in [0.717, 1.165) is 24.9 Å². The molecule has 1 aliphatic rings. The molecule has 6 nitrogen and oxygen atoms in total. The lowest BCUT2D eigenvalue weighted by Crippen LogP contribution is -2.44. The first-order valence-electron chi connectivity index (χ1n) is 9.57. The molecule has 3 rings (SSSR count). The lowest BCUT2D eigenvalue weighted by atomic mass is 9.97. The molecule has 148 valence electrons. The van der Waals surface area contributed by atoms with Crippen LogP contribution in [0.3, 0.4) is 0 Å². The predicted octanol–water partition coefficient (Wildman–Crippen LogP) is 3.21. The molecule has 1 fully saturated rings. The molecule has 1 aromatic heterocycles. The van der Waals surface area contributed by atoms with Gasteiger partial charge >= 0.3 is 6.03 Å². The van der Waals surface area contributed by atoms with Crippen molar-refractivity contribution in [1.29, 1.82) is 0 Å². The maximum Gasteiger partial charge on any atom is 0.319 e. The van der Waals surface area contributed by atoms with Crippen LogP contribution in [0.25, 0.3) is 0 Å². The number of rotatable bonds is 6. The summed E-state index contributed by atoms with van der Waals surface area (Å²) in [7, 11) is 0. The van der Waals surface area contributed by atoms with E-state index in [1.165, 1.54) is 12.1 Å².